The summed E-state index contributed by atoms with van der Waals surface area (Å²) in [6.45, 7) is 3.49. The van der Waals surface area contributed by atoms with Crippen LogP contribution in [0.3, 0.4) is 0 Å². The molecule has 1 aromatic carbocycles. The molecule has 1 saturated carbocycles. The smallest absolute Gasteiger partial charge is 0.118 e. The lowest BCUT2D eigenvalue weighted by molar-refractivity contribution is 0.303. The molecule has 1 aliphatic heterocycles. The van der Waals surface area contributed by atoms with E-state index < -0.39 is 0 Å². The number of rotatable bonds is 5. The Balaban J connectivity index is 1.61. The highest BCUT2D eigenvalue weighted by Gasteiger charge is 2.35. The van der Waals surface area contributed by atoms with Crippen LogP contribution in [-0.4, -0.2) is 25.7 Å². The Kier molecular flexibility index (Phi) is 4.81. The molecule has 21 heavy (non-hydrogen) atoms. The van der Waals surface area contributed by atoms with E-state index in [2.05, 4.69) is 41.8 Å². The van der Waals surface area contributed by atoms with Gasteiger partial charge in [0.2, 0.25) is 0 Å². The maximum absolute atomic E-state index is 5.24. The predicted octanol–water partition coefficient (Wildman–Crippen LogP) is 3.27. The van der Waals surface area contributed by atoms with Crippen molar-refractivity contribution < 1.29 is 4.74 Å². The molecule has 3 unspecified atom stereocenters. The largest absolute Gasteiger partial charge is 0.497 e. The molecule has 3 nitrogen and oxygen atoms in total. The lowest BCUT2D eigenvalue weighted by Crippen LogP contribution is -2.42. The number of nitrogens with one attached hydrogen (secondary N) is 2. The minimum Gasteiger partial charge on any atom is -0.497 e. The Bertz CT molecular complexity index is 439. The minimum atomic E-state index is 0.405. The molecule has 116 valence electrons. The van der Waals surface area contributed by atoms with Gasteiger partial charge in [0, 0.05) is 18.1 Å². The van der Waals surface area contributed by atoms with Gasteiger partial charge < -0.3 is 15.4 Å². The Labute approximate surface area is 128 Å². The number of methoxy groups -OCH3 is 1. The Hall–Kier alpha value is -1.06. The van der Waals surface area contributed by atoms with Crippen LogP contribution in [0.4, 0.5) is 0 Å². The molecule has 0 radical (unpaired) electrons. The van der Waals surface area contributed by atoms with Gasteiger partial charge in [-0.2, -0.15) is 0 Å². The van der Waals surface area contributed by atoms with Crippen molar-refractivity contribution in [3.8, 4) is 5.75 Å². The van der Waals surface area contributed by atoms with Crippen LogP contribution >= 0.6 is 0 Å². The van der Waals surface area contributed by atoms with Gasteiger partial charge in [0.1, 0.15) is 5.75 Å². The number of hydrogen-bond acceptors (Lipinski definition) is 3. The van der Waals surface area contributed by atoms with Crippen LogP contribution in [0, 0.1) is 5.92 Å². The van der Waals surface area contributed by atoms with E-state index in [-0.39, 0.29) is 0 Å². The van der Waals surface area contributed by atoms with E-state index in [1.54, 1.807) is 7.11 Å². The highest BCUT2D eigenvalue weighted by molar-refractivity contribution is 5.28. The van der Waals surface area contributed by atoms with Crippen LogP contribution in [0.2, 0.25) is 0 Å². The molecule has 2 fully saturated rings. The van der Waals surface area contributed by atoms with Crippen molar-refractivity contribution in [1.29, 1.82) is 0 Å². The number of hydrogen-bond donors (Lipinski definition) is 2. The van der Waals surface area contributed by atoms with Crippen molar-refractivity contribution in [2.24, 2.45) is 5.92 Å². The molecular weight excluding hydrogens is 260 g/mol. The lowest BCUT2D eigenvalue weighted by atomic mass is 9.92. The zero-order valence-corrected chi connectivity index (χ0v) is 13.3. The summed E-state index contributed by atoms with van der Waals surface area (Å²) in [7, 11) is 1.72. The van der Waals surface area contributed by atoms with Gasteiger partial charge in [-0.05, 0) is 62.8 Å². The fraction of sp³-hybridized carbons (Fsp3) is 0.667. The summed E-state index contributed by atoms with van der Waals surface area (Å²) in [5.41, 5.74) is 1.35. The minimum absolute atomic E-state index is 0.405. The molecule has 0 spiro atoms. The van der Waals surface area contributed by atoms with E-state index in [0.717, 1.165) is 17.7 Å². The van der Waals surface area contributed by atoms with Crippen molar-refractivity contribution in [2.45, 2.75) is 57.2 Å². The zero-order valence-electron chi connectivity index (χ0n) is 13.3. The summed E-state index contributed by atoms with van der Waals surface area (Å²) >= 11 is 0. The molecule has 3 rings (SSSR count). The summed E-state index contributed by atoms with van der Waals surface area (Å²) < 4.78 is 5.24. The number of ether oxygens (including phenoxy) is 1. The summed E-state index contributed by atoms with van der Waals surface area (Å²) in [6.07, 6.45) is 6.78. The standard InChI is InChI=1S/C18H28N2O/c1-13(14-8-10-15(21-2)11-9-14)20-18-6-3-5-16(18)17-7-4-12-19-17/h8-11,13,16-20H,3-7,12H2,1-2H3/t13-,16?,17?,18?/m1/s1. The number of benzene rings is 1. The molecule has 0 aromatic heterocycles. The molecule has 0 bridgehead atoms. The van der Waals surface area contributed by atoms with E-state index in [1.807, 2.05) is 0 Å². The Morgan fingerprint density at radius 1 is 1.14 bits per heavy atom. The molecule has 4 atom stereocenters. The highest BCUT2D eigenvalue weighted by atomic mass is 16.5. The van der Waals surface area contributed by atoms with E-state index >= 15 is 0 Å². The molecule has 3 heteroatoms. The van der Waals surface area contributed by atoms with Gasteiger partial charge >= 0.3 is 0 Å². The first-order valence-electron chi connectivity index (χ1n) is 8.41. The molecule has 1 aliphatic carbocycles. The van der Waals surface area contributed by atoms with Gasteiger partial charge in [0.25, 0.3) is 0 Å². The topological polar surface area (TPSA) is 33.3 Å². The predicted molar refractivity (Wildman–Crippen MR) is 86.7 cm³/mol. The molecular formula is C18H28N2O. The van der Waals surface area contributed by atoms with Crippen molar-refractivity contribution >= 4 is 0 Å². The van der Waals surface area contributed by atoms with Crippen LogP contribution in [0.25, 0.3) is 0 Å². The second-order valence-electron chi connectivity index (χ2n) is 6.57. The quantitative estimate of drug-likeness (QED) is 0.872. The first-order chi connectivity index (χ1) is 10.3. The monoisotopic (exact) mass is 288 g/mol. The van der Waals surface area contributed by atoms with E-state index in [9.17, 15) is 0 Å². The van der Waals surface area contributed by atoms with Gasteiger partial charge in [-0.3, -0.25) is 0 Å². The first-order valence-corrected chi connectivity index (χ1v) is 8.41. The van der Waals surface area contributed by atoms with Crippen molar-refractivity contribution in [2.75, 3.05) is 13.7 Å². The molecule has 2 N–H and O–H groups in total. The highest BCUT2D eigenvalue weighted by Crippen LogP contribution is 2.33. The fourth-order valence-corrected chi connectivity index (χ4v) is 4.06. The lowest BCUT2D eigenvalue weighted by Gasteiger charge is -2.29. The summed E-state index contributed by atoms with van der Waals surface area (Å²) in [5.74, 6) is 1.74. The summed E-state index contributed by atoms with van der Waals surface area (Å²) in [6, 6.07) is 10.3. The third-order valence-corrected chi connectivity index (χ3v) is 5.26. The average molecular weight is 288 g/mol. The van der Waals surface area contributed by atoms with Gasteiger partial charge in [0.15, 0.2) is 0 Å². The normalized spacial score (nSPS) is 30.5. The van der Waals surface area contributed by atoms with E-state index in [0.29, 0.717) is 12.1 Å². The van der Waals surface area contributed by atoms with Gasteiger partial charge in [-0.25, -0.2) is 0 Å². The summed E-state index contributed by atoms with van der Waals surface area (Å²) in [4.78, 5) is 0. The second kappa shape index (κ2) is 6.80. The third kappa shape index (κ3) is 3.41. The van der Waals surface area contributed by atoms with E-state index in [4.69, 9.17) is 4.74 Å². The van der Waals surface area contributed by atoms with Crippen molar-refractivity contribution in [3.63, 3.8) is 0 Å². The summed E-state index contributed by atoms with van der Waals surface area (Å²) in [5, 5.41) is 7.58. The Morgan fingerprint density at radius 3 is 2.62 bits per heavy atom. The SMILES string of the molecule is COc1ccc([C@@H](C)NC2CCCC2C2CCCN2)cc1. The average Bonchev–Trinajstić information content (AvgIpc) is 3.18. The van der Waals surface area contributed by atoms with Crippen LogP contribution in [0.15, 0.2) is 24.3 Å². The van der Waals surface area contributed by atoms with Crippen LogP contribution < -0.4 is 15.4 Å². The second-order valence-corrected chi connectivity index (χ2v) is 6.57. The third-order valence-electron chi connectivity index (χ3n) is 5.26. The van der Waals surface area contributed by atoms with E-state index in [1.165, 1.54) is 44.2 Å². The van der Waals surface area contributed by atoms with Gasteiger partial charge in [0.05, 0.1) is 7.11 Å². The molecule has 1 heterocycles. The molecule has 0 amide bonds. The molecule has 2 aliphatic rings. The van der Waals surface area contributed by atoms with Crippen molar-refractivity contribution in [1.82, 2.24) is 10.6 Å². The first kappa shape index (κ1) is 14.9. The maximum Gasteiger partial charge on any atom is 0.118 e. The Morgan fingerprint density at radius 2 is 1.95 bits per heavy atom. The van der Waals surface area contributed by atoms with Gasteiger partial charge in [-0.15, -0.1) is 0 Å². The van der Waals surface area contributed by atoms with Crippen LogP contribution in [-0.2, 0) is 0 Å². The van der Waals surface area contributed by atoms with Crippen LogP contribution in [0.1, 0.15) is 50.6 Å². The maximum atomic E-state index is 5.24. The molecule has 1 aromatic rings. The molecule has 1 saturated heterocycles. The zero-order chi connectivity index (χ0) is 14.7. The van der Waals surface area contributed by atoms with Crippen LogP contribution in [0.5, 0.6) is 5.75 Å². The fourth-order valence-electron chi connectivity index (χ4n) is 4.06. The van der Waals surface area contributed by atoms with Crippen molar-refractivity contribution in [3.05, 3.63) is 29.8 Å². The van der Waals surface area contributed by atoms with Gasteiger partial charge in [-0.1, -0.05) is 18.6 Å².